The number of fused-ring (bicyclic) bond motifs is 5. The molecule has 0 nitrogen and oxygen atoms in total. The maximum absolute atomic E-state index is 13.3. The van der Waals surface area contributed by atoms with Crippen molar-refractivity contribution in [2.45, 2.75) is 90.9 Å². The van der Waals surface area contributed by atoms with Crippen LogP contribution in [0.3, 0.4) is 0 Å². The van der Waals surface area contributed by atoms with Crippen LogP contribution in [0.15, 0.2) is 0 Å². The maximum atomic E-state index is 13.3. The van der Waals surface area contributed by atoms with Crippen molar-refractivity contribution in [2.75, 3.05) is 0 Å². The van der Waals surface area contributed by atoms with Gasteiger partial charge in [-0.2, -0.15) is 26.3 Å². The lowest BCUT2D eigenvalue weighted by molar-refractivity contribution is -0.196. The quantitative estimate of drug-likeness (QED) is 0.381. The van der Waals surface area contributed by atoms with E-state index in [9.17, 15) is 26.3 Å². The maximum Gasteiger partial charge on any atom is 0.391 e. The minimum absolute atomic E-state index is 0.0543. The number of hydrogen-bond donors (Lipinski definition) is 0. The van der Waals surface area contributed by atoms with Gasteiger partial charge in [0.2, 0.25) is 0 Å². The van der Waals surface area contributed by atoms with Crippen LogP contribution in [0.5, 0.6) is 0 Å². The van der Waals surface area contributed by atoms with E-state index >= 15 is 0 Å². The topological polar surface area (TPSA) is 0 Å². The molecule has 0 aromatic heterocycles. The summed E-state index contributed by atoms with van der Waals surface area (Å²) in [6.07, 6.45) is -3.64. The molecule has 6 heteroatoms. The van der Waals surface area contributed by atoms with E-state index in [-0.39, 0.29) is 36.0 Å². The highest BCUT2D eigenvalue weighted by atomic mass is 19.4. The first-order valence-electron chi connectivity index (χ1n) is 12.0. The van der Waals surface area contributed by atoms with Gasteiger partial charge in [-0.25, -0.2) is 0 Å². The van der Waals surface area contributed by atoms with Gasteiger partial charge in [0.05, 0.1) is 5.92 Å². The van der Waals surface area contributed by atoms with E-state index < -0.39 is 24.7 Å². The van der Waals surface area contributed by atoms with Gasteiger partial charge < -0.3 is 0 Å². The van der Waals surface area contributed by atoms with Crippen LogP contribution in [-0.2, 0) is 0 Å². The van der Waals surface area contributed by atoms with Crippen LogP contribution in [0.25, 0.3) is 0 Å². The molecule has 0 aromatic carbocycles. The summed E-state index contributed by atoms with van der Waals surface area (Å²) in [4.78, 5) is 0. The summed E-state index contributed by atoms with van der Waals surface area (Å²) < 4.78 is 78.7. The molecule has 4 aliphatic rings. The van der Waals surface area contributed by atoms with Crippen molar-refractivity contribution in [1.82, 2.24) is 0 Å². The Labute approximate surface area is 176 Å². The molecular weight excluding hydrogens is 402 g/mol. The Morgan fingerprint density at radius 3 is 2.10 bits per heavy atom. The van der Waals surface area contributed by atoms with Crippen molar-refractivity contribution >= 4 is 0 Å². The molecule has 0 heterocycles. The number of alkyl halides is 6. The largest absolute Gasteiger partial charge is 0.391 e. The highest BCUT2D eigenvalue weighted by molar-refractivity contribution is 5.09. The molecule has 0 N–H and O–H groups in total. The highest BCUT2D eigenvalue weighted by Gasteiger charge is 2.62. The first-order chi connectivity index (χ1) is 13.8. The third-order valence-corrected chi connectivity index (χ3v) is 10.3. The van der Waals surface area contributed by atoms with Crippen molar-refractivity contribution in [3.05, 3.63) is 0 Å². The molecule has 0 aliphatic heterocycles. The van der Waals surface area contributed by atoms with Crippen LogP contribution >= 0.6 is 0 Å². The van der Waals surface area contributed by atoms with E-state index in [1.165, 1.54) is 0 Å². The van der Waals surface area contributed by atoms with Gasteiger partial charge in [-0.1, -0.05) is 20.8 Å². The van der Waals surface area contributed by atoms with Crippen LogP contribution in [0.4, 0.5) is 26.3 Å². The molecule has 174 valence electrons. The van der Waals surface area contributed by atoms with Crippen LogP contribution in [-0.4, -0.2) is 12.4 Å². The Kier molecular flexibility index (Phi) is 5.75. The van der Waals surface area contributed by atoms with E-state index in [1.807, 2.05) is 0 Å². The lowest BCUT2D eigenvalue weighted by atomic mass is 9.48. The van der Waals surface area contributed by atoms with Gasteiger partial charge in [0.15, 0.2) is 0 Å². The minimum atomic E-state index is -4.11. The van der Waals surface area contributed by atoms with Gasteiger partial charge in [-0.3, -0.25) is 0 Å². The average molecular weight is 439 g/mol. The fourth-order valence-electron chi connectivity index (χ4n) is 9.05. The molecule has 4 fully saturated rings. The minimum Gasteiger partial charge on any atom is -0.171 e. The molecule has 9 unspecified atom stereocenters. The zero-order chi connectivity index (χ0) is 22.1. The predicted molar refractivity (Wildman–Crippen MR) is 105 cm³/mol. The summed E-state index contributed by atoms with van der Waals surface area (Å²) in [7, 11) is 0. The predicted octanol–water partition coefficient (Wildman–Crippen LogP) is 8.27. The van der Waals surface area contributed by atoms with Gasteiger partial charge in [0.25, 0.3) is 0 Å². The smallest absolute Gasteiger partial charge is 0.171 e. The molecule has 0 bridgehead atoms. The van der Waals surface area contributed by atoms with Gasteiger partial charge in [0, 0.05) is 6.42 Å². The second-order valence-electron chi connectivity index (χ2n) is 11.4. The summed E-state index contributed by atoms with van der Waals surface area (Å²) in [6.45, 7) is 6.61. The number of halogens is 6. The van der Waals surface area contributed by atoms with Crippen LogP contribution < -0.4 is 0 Å². The zero-order valence-corrected chi connectivity index (χ0v) is 18.3. The monoisotopic (exact) mass is 438 g/mol. The fraction of sp³-hybridized carbons (Fsp3) is 1.00. The Balaban J connectivity index is 1.51. The van der Waals surface area contributed by atoms with E-state index in [2.05, 4.69) is 20.8 Å². The van der Waals surface area contributed by atoms with E-state index in [4.69, 9.17) is 0 Å². The Morgan fingerprint density at radius 1 is 0.800 bits per heavy atom. The lowest BCUT2D eigenvalue weighted by Crippen LogP contribution is -2.50. The van der Waals surface area contributed by atoms with Crippen LogP contribution in [0.1, 0.15) is 78.6 Å². The van der Waals surface area contributed by atoms with Gasteiger partial charge in [0.1, 0.15) is 0 Å². The molecule has 4 rings (SSSR count). The van der Waals surface area contributed by atoms with Crippen molar-refractivity contribution in [2.24, 2.45) is 58.7 Å². The van der Waals surface area contributed by atoms with Gasteiger partial charge in [-0.05, 0) is 104 Å². The third kappa shape index (κ3) is 3.80. The molecule has 0 saturated heterocycles. The van der Waals surface area contributed by atoms with Crippen molar-refractivity contribution in [1.29, 1.82) is 0 Å². The highest BCUT2D eigenvalue weighted by Crippen LogP contribution is 2.68. The number of rotatable bonds is 2. The van der Waals surface area contributed by atoms with E-state index in [1.54, 1.807) is 0 Å². The fourth-order valence-corrected chi connectivity index (χ4v) is 9.05. The first kappa shape index (κ1) is 22.8. The molecule has 0 amide bonds. The normalized spacial score (nSPS) is 49.3. The third-order valence-electron chi connectivity index (χ3n) is 10.3. The summed E-state index contributed by atoms with van der Waals surface area (Å²) >= 11 is 0. The summed E-state index contributed by atoms with van der Waals surface area (Å²) in [6, 6.07) is 0. The summed E-state index contributed by atoms with van der Waals surface area (Å²) in [5.41, 5.74) is -0.0543. The molecule has 0 aromatic rings. The lowest BCUT2D eigenvalue weighted by Gasteiger charge is -2.57. The Morgan fingerprint density at radius 2 is 1.47 bits per heavy atom. The van der Waals surface area contributed by atoms with Gasteiger partial charge >= 0.3 is 12.4 Å². The van der Waals surface area contributed by atoms with E-state index in [0.717, 1.165) is 25.7 Å². The number of hydrogen-bond acceptors (Lipinski definition) is 0. The second-order valence-corrected chi connectivity index (χ2v) is 11.4. The Bertz CT molecular complexity index is 624. The zero-order valence-electron chi connectivity index (χ0n) is 18.3. The second kappa shape index (κ2) is 7.57. The van der Waals surface area contributed by atoms with E-state index in [0.29, 0.717) is 42.4 Å². The molecular formula is C24H36F6. The van der Waals surface area contributed by atoms with Crippen molar-refractivity contribution in [3.8, 4) is 0 Å². The molecule has 30 heavy (non-hydrogen) atoms. The SMILES string of the molecule is CC1C2C3CCC4CC(C(F)(F)F)CCC4C3CCC2(C)C(CCC(F)(F)F)[C@H]1C. The summed E-state index contributed by atoms with van der Waals surface area (Å²) in [5.74, 6) is 1.59. The molecule has 0 radical (unpaired) electrons. The van der Waals surface area contributed by atoms with Gasteiger partial charge in [-0.15, -0.1) is 0 Å². The molecule has 4 aliphatic carbocycles. The standard InChI is InChI=1S/C24H36F6/c1-13-14(2)21-19-6-4-15-12-16(24(28,29)30)5-7-17(15)18(19)8-10-22(21,3)20(13)9-11-23(25,26)27/h13-21H,4-12H2,1-3H3/t13-,14?,15?,16?,17?,18?,19?,20?,21?,22?/m0/s1. The van der Waals surface area contributed by atoms with Crippen molar-refractivity contribution < 1.29 is 26.3 Å². The van der Waals surface area contributed by atoms with Crippen LogP contribution in [0, 0.1) is 58.7 Å². The molecule has 4 saturated carbocycles. The average Bonchev–Trinajstić information content (AvgIpc) is 2.83. The van der Waals surface area contributed by atoms with Crippen LogP contribution in [0.2, 0.25) is 0 Å². The van der Waals surface area contributed by atoms with Crippen molar-refractivity contribution in [3.63, 3.8) is 0 Å². The molecule has 10 atom stereocenters. The Hall–Kier alpha value is -0.420. The first-order valence-corrected chi connectivity index (χ1v) is 12.0. The summed E-state index contributed by atoms with van der Waals surface area (Å²) in [5, 5.41) is 0. The molecule has 0 spiro atoms.